The molecule has 0 fully saturated rings. The van der Waals surface area contributed by atoms with Crippen LogP contribution in [0.2, 0.25) is 10.0 Å². The number of ketones is 1. The van der Waals surface area contributed by atoms with Crippen molar-refractivity contribution in [3.8, 4) is 0 Å². The zero-order valence-corrected chi connectivity index (χ0v) is 18.7. The Morgan fingerprint density at radius 2 is 1.87 bits per heavy atom. The Balaban J connectivity index is 1.84. The van der Waals surface area contributed by atoms with Gasteiger partial charge in [0.1, 0.15) is 0 Å². The monoisotopic (exact) mass is 436 g/mol. The summed E-state index contributed by atoms with van der Waals surface area (Å²) in [7, 11) is 0. The molecule has 5 rings (SSSR count). The van der Waals surface area contributed by atoms with E-state index in [1.165, 1.54) is 0 Å². The molecule has 0 amide bonds. The van der Waals surface area contributed by atoms with E-state index >= 15 is 0 Å². The van der Waals surface area contributed by atoms with Crippen LogP contribution in [0, 0.1) is 12.3 Å². The molecular weight excluding hydrogens is 415 g/mol. The van der Waals surface area contributed by atoms with Crippen LogP contribution in [0.5, 0.6) is 0 Å². The molecule has 1 unspecified atom stereocenters. The third kappa shape index (κ3) is 3.12. The van der Waals surface area contributed by atoms with E-state index in [0.717, 1.165) is 51.1 Å². The Bertz CT molecular complexity index is 1260. The van der Waals surface area contributed by atoms with E-state index in [1.807, 2.05) is 31.2 Å². The van der Waals surface area contributed by atoms with Gasteiger partial charge in [0.15, 0.2) is 5.78 Å². The molecule has 1 aliphatic heterocycles. The number of anilines is 1. The molecule has 3 aromatic rings. The number of benzene rings is 2. The van der Waals surface area contributed by atoms with E-state index in [9.17, 15) is 4.79 Å². The van der Waals surface area contributed by atoms with Crippen LogP contribution in [-0.4, -0.2) is 10.8 Å². The number of pyridine rings is 1. The molecule has 1 atom stereocenters. The lowest BCUT2D eigenvalue weighted by Crippen LogP contribution is -2.34. The van der Waals surface area contributed by atoms with Crippen LogP contribution in [0.25, 0.3) is 10.9 Å². The van der Waals surface area contributed by atoms with Gasteiger partial charge in [-0.3, -0.25) is 9.78 Å². The van der Waals surface area contributed by atoms with Gasteiger partial charge in [0.2, 0.25) is 0 Å². The second-order valence-corrected chi connectivity index (χ2v) is 9.95. The van der Waals surface area contributed by atoms with Gasteiger partial charge in [-0.25, -0.2) is 0 Å². The number of hydrogen-bond acceptors (Lipinski definition) is 3. The number of rotatable bonds is 1. The van der Waals surface area contributed by atoms with Gasteiger partial charge >= 0.3 is 0 Å². The van der Waals surface area contributed by atoms with Crippen molar-refractivity contribution in [2.45, 2.75) is 39.5 Å². The number of hydrogen-bond donors (Lipinski definition) is 1. The number of halogens is 2. The number of fused-ring (bicyclic) bond motifs is 3. The summed E-state index contributed by atoms with van der Waals surface area (Å²) in [5, 5.41) is 5.77. The topological polar surface area (TPSA) is 42.0 Å². The van der Waals surface area contributed by atoms with Gasteiger partial charge in [-0.2, -0.15) is 0 Å². The van der Waals surface area contributed by atoms with Gasteiger partial charge in [0.05, 0.1) is 5.52 Å². The summed E-state index contributed by atoms with van der Waals surface area (Å²) in [5.41, 5.74) is 6.57. The van der Waals surface area contributed by atoms with E-state index < -0.39 is 0 Å². The first kappa shape index (κ1) is 19.6. The third-order valence-corrected chi connectivity index (χ3v) is 6.67. The van der Waals surface area contributed by atoms with Crippen molar-refractivity contribution in [2.75, 3.05) is 5.32 Å². The zero-order valence-electron chi connectivity index (χ0n) is 17.1. The maximum atomic E-state index is 13.4. The fraction of sp³-hybridized carbons (Fsp3) is 0.280. The highest BCUT2D eigenvalue weighted by molar-refractivity contribution is 6.35. The normalized spacial score (nSPS) is 20.0. The number of aryl methyl sites for hydroxylation is 1. The van der Waals surface area contributed by atoms with E-state index in [2.05, 4.69) is 31.3 Å². The van der Waals surface area contributed by atoms with Gasteiger partial charge < -0.3 is 5.32 Å². The van der Waals surface area contributed by atoms with E-state index in [4.69, 9.17) is 28.2 Å². The minimum Gasteiger partial charge on any atom is -0.358 e. The summed E-state index contributed by atoms with van der Waals surface area (Å²) in [5.74, 6) is -0.0784. The number of carbonyl (C=O) groups excluding carboxylic acids is 1. The predicted molar refractivity (Wildman–Crippen MR) is 123 cm³/mol. The standard InChI is InChI=1S/C25H22Cl2N2O/c1-13-4-6-16-18(28-13)8-9-19-22(16)23(15-7-5-14(26)10-17(15)27)24-20(29-19)11-25(2,3)12-21(24)30/h4-10,23,29H,11-12H2,1-3H3. The Kier molecular flexibility index (Phi) is 4.46. The van der Waals surface area contributed by atoms with Crippen molar-refractivity contribution in [1.29, 1.82) is 0 Å². The van der Waals surface area contributed by atoms with Crippen molar-refractivity contribution in [3.63, 3.8) is 0 Å². The number of allylic oxidation sites excluding steroid dienone is 2. The molecule has 2 aromatic carbocycles. The van der Waals surface area contributed by atoms with Crippen molar-refractivity contribution < 1.29 is 4.79 Å². The molecule has 0 spiro atoms. The first-order valence-electron chi connectivity index (χ1n) is 10.1. The molecule has 1 N–H and O–H groups in total. The Morgan fingerprint density at radius 3 is 2.63 bits per heavy atom. The molecule has 3 nitrogen and oxygen atoms in total. The molecule has 2 aliphatic rings. The number of nitrogens with zero attached hydrogens (tertiary/aromatic N) is 1. The zero-order chi connectivity index (χ0) is 21.2. The van der Waals surface area contributed by atoms with Crippen molar-refractivity contribution in [3.05, 3.63) is 80.6 Å². The van der Waals surface area contributed by atoms with Gasteiger partial charge in [-0.05, 0) is 60.2 Å². The SMILES string of the molecule is Cc1ccc2c3c(ccc2n1)NC1=C(C(=O)CC(C)(C)C1)C3c1ccc(Cl)cc1Cl. The van der Waals surface area contributed by atoms with Gasteiger partial charge in [0.25, 0.3) is 0 Å². The summed E-state index contributed by atoms with van der Waals surface area (Å²) >= 11 is 12.9. The maximum absolute atomic E-state index is 13.4. The minimum atomic E-state index is -0.252. The average Bonchev–Trinajstić information content (AvgIpc) is 2.65. The highest BCUT2D eigenvalue weighted by Gasteiger charge is 2.41. The average molecular weight is 437 g/mol. The second-order valence-electron chi connectivity index (χ2n) is 9.10. The second kappa shape index (κ2) is 6.83. The molecule has 1 aromatic heterocycles. The molecule has 0 bridgehead atoms. The van der Waals surface area contributed by atoms with Gasteiger partial charge in [0, 0.05) is 50.4 Å². The number of carbonyl (C=O) groups is 1. The predicted octanol–water partition coefficient (Wildman–Crippen LogP) is 7.05. The lowest BCUT2D eigenvalue weighted by atomic mass is 9.68. The fourth-order valence-electron chi connectivity index (χ4n) is 4.88. The van der Waals surface area contributed by atoms with Crippen LogP contribution in [0.15, 0.2) is 53.7 Å². The van der Waals surface area contributed by atoms with E-state index in [0.29, 0.717) is 16.5 Å². The number of nitrogens with one attached hydrogen (secondary N) is 1. The highest BCUT2D eigenvalue weighted by atomic mass is 35.5. The maximum Gasteiger partial charge on any atom is 0.162 e. The smallest absolute Gasteiger partial charge is 0.162 e. The summed E-state index contributed by atoms with van der Waals surface area (Å²) in [6, 6.07) is 13.8. The lowest BCUT2D eigenvalue weighted by Gasteiger charge is -2.40. The minimum absolute atomic E-state index is 0.0791. The highest BCUT2D eigenvalue weighted by Crippen LogP contribution is 2.51. The molecular formula is C25H22Cl2N2O. The van der Waals surface area contributed by atoms with E-state index in [-0.39, 0.29) is 17.1 Å². The lowest BCUT2D eigenvalue weighted by molar-refractivity contribution is -0.118. The Hall–Kier alpha value is -2.36. The quantitative estimate of drug-likeness (QED) is 0.444. The fourth-order valence-corrected chi connectivity index (χ4v) is 5.40. The molecule has 0 saturated heterocycles. The summed E-state index contributed by atoms with van der Waals surface area (Å²) in [6.45, 7) is 6.27. The van der Waals surface area contributed by atoms with Gasteiger partial charge in [-0.15, -0.1) is 0 Å². The molecule has 152 valence electrons. The largest absolute Gasteiger partial charge is 0.358 e. The van der Waals surface area contributed by atoms with Crippen molar-refractivity contribution >= 4 is 45.6 Å². The van der Waals surface area contributed by atoms with Crippen LogP contribution in [0.1, 0.15) is 49.4 Å². The van der Waals surface area contributed by atoms with Crippen LogP contribution < -0.4 is 5.32 Å². The van der Waals surface area contributed by atoms with E-state index in [1.54, 1.807) is 6.07 Å². The molecule has 0 saturated carbocycles. The first-order valence-corrected chi connectivity index (χ1v) is 10.9. The van der Waals surface area contributed by atoms with Crippen LogP contribution in [-0.2, 0) is 4.79 Å². The van der Waals surface area contributed by atoms with Crippen LogP contribution >= 0.6 is 23.2 Å². The Labute approximate surface area is 186 Å². The molecule has 0 radical (unpaired) electrons. The van der Waals surface area contributed by atoms with Crippen molar-refractivity contribution in [2.24, 2.45) is 5.41 Å². The van der Waals surface area contributed by atoms with Crippen molar-refractivity contribution in [1.82, 2.24) is 4.98 Å². The van der Waals surface area contributed by atoms with Crippen LogP contribution in [0.4, 0.5) is 5.69 Å². The first-order chi connectivity index (χ1) is 14.2. The Morgan fingerprint density at radius 1 is 1.07 bits per heavy atom. The molecule has 2 heterocycles. The van der Waals surface area contributed by atoms with Crippen LogP contribution in [0.3, 0.4) is 0 Å². The molecule has 30 heavy (non-hydrogen) atoms. The number of aromatic nitrogens is 1. The molecule has 1 aliphatic carbocycles. The third-order valence-electron chi connectivity index (χ3n) is 6.11. The van der Waals surface area contributed by atoms with Gasteiger partial charge in [-0.1, -0.05) is 49.2 Å². The molecule has 5 heteroatoms. The summed E-state index contributed by atoms with van der Waals surface area (Å²) in [4.78, 5) is 18.1. The summed E-state index contributed by atoms with van der Waals surface area (Å²) in [6.07, 6.45) is 1.34. The number of Topliss-reactive ketones (excluding diaryl/α,β-unsaturated/α-hetero) is 1. The summed E-state index contributed by atoms with van der Waals surface area (Å²) < 4.78 is 0.